The van der Waals surface area contributed by atoms with Gasteiger partial charge in [-0.15, -0.1) is 0 Å². The number of anilines is 1. The molecule has 0 aliphatic carbocycles. The fraction of sp³-hybridized carbons (Fsp3) is 0.346. The van der Waals surface area contributed by atoms with Crippen LogP contribution >= 0.6 is 0 Å². The van der Waals surface area contributed by atoms with Gasteiger partial charge in [0, 0.05) is 47.8 Å². The summed E-state index contributed by atoms with van der Waals surface area (Å²) in [6.45, 7) is 5.42. The van der Waals surface area contributed by atoms with E-state index in [0.29, 0.717) is 30.2 Å². The molecular weight excluding hydrogens is 416 g/mol. The molecule has 0 spiro atoms. The second-order valence-electron chi connectivity index (χ2n) is 8.23. The summed E-state index contributed by atoms with van der Waals surface area (Å²) < 4.78 is 10.8. The molecule has 0 amide bonds. The maximum absolute atomic E-state index is 13.9. The molecule has 3 aromatic rings. The van der Waals surface area contributed by atoms with Crippen LogP contribution in [-0.4, -0.2) is 48.3 Å². The van der Waals surface area contributed by atoms with E-state index in [4.69, 9.17) is 9.47 Å². The smallest absolute Gasteiger partial charge is 0.191 e. The lowest BCUT2D eigenvalue weighted by atomic mass is 9.90. The van der Waals surface area contributed by atoms with Crippen LogP contribution in [0.1, 0.15) is 36.2 Å². The Kier molecular flexibility index (Phi) is 7.19. The number of carbonyl (C=O) groups excluding carboxylic acids is 1. The van der Waals surface area contributed by atoms with Crippen LogP contribution < -0.4 is 10.1 Å². The number of hydrogen-bond acceptors (Lipinski definition) is 6. The van der Waals surface area contributed by atoms with Crippen LogP contribution in [0.5, 0.6) is 5.75 Å². The third kappa shape index (κ3) is 5.14. The van der Waals surface area contributed by atoms with E-state index in [1.807, 2.05) is 37.5 Å². The van der Waals surface area contributed by atoms with E-state index >= 15 is 0 Å². The zero-order chi connectivity index (χ0) is 23.2. The van der Waals surface area contributed by atoms with Crippen molar-refractivity contribution in [1.82, 2.24) is 9.97 Å². The molecule has 172 valence electrons. The number of methoxy groups -OCH3 is 1. The number of nitrogens with zero attached hydrogens (tertiary/aromatic N) is 2. The summed E-state index contributed by atoms with van der Waals surface area (Å²) in [4.78, 5) is 25.8. The molecule has 7 nitrogen and oxygen atoms in total. The highest BCUT2D eigenvalue weighted by molar-refractivity contribution is 6.13. The van der Waals surface area contributed by atoms with Crippen LogP contribution in [0.25, 0.3) is 10.9 Å². The molecule has 1 aromatic carbocycles. The summed E-state index contributed by atoms with van der Waals surface area (Å²) in [6.07, 6.45) is 10.4. The first-order chi connectivity index (χ1) is 16.1. The summed E-state index contributed by atoms with van der Waals surface area (Å²) in [6, 6.07) is 7.33. The van der Waals surface area contributed by atoms with Gasteiger partial charge in [-0.25, -0.2) is 0 Å². The molecule has 1 aliphatic heterocycles. The second-order valence-corrected chi connectivity index (χ2v) is 8.23. The average Bonchev–Trinajstić information content (AvgIpc) is 3.27. The normalized spacial score (nSPS) is 16.5. The Morgan fingerprint density at radius 2 is 2.21 bits per heavy atom. The van der Waals surface area contributed by atoms with Gasteiger partial charge >= 0.3 is 0 Å². The number of hydrogen-bond donors (Lipinski definition) is 2. The average molecular weight is 447 g/mol. The molecule has 4 rings (SSSR count). The molecule has 3 heterocycles. The Bertz CT molecular complexity index is 1180. The Balaban J connectivity index is 1.69. The minimum Gasteiger partial charge on any atom is -0.495 e. The number of ether oxygens (including phenoxy) is 2. The number of fused-ring (bicyclic) bond motifs is 1. The third-order valence-corrected chi connectivity index (χ3v) is 5.82. The van der Waals surface area contributed by atoms with Crippen LogP contribution in [0, 0.1) is 5.92 Å². The predicted molar refractivity (Wildman–Crippen MR) is 131 cm³/mol. The Morgan fingerprint density at radius 1 is 1.33 bits per heavy atom. The van der Waals surface area contributed by atoms with Crippen LogP contribution in [0.3, 0.4) is 0 Å². The first-order valence-corrected chi connectivity index (χ1v) is 11.3. The number of benzene rings is 1. The van der Waals surface area contributed by atoms with Crippen molar-refractivity contribution >= 4 is 28.6 Å². The van der Waals surface area contributed by atoms with Crippen molar-refractivity contribution in [3.8, 4) is 5.75 Å². The number of carbonyl (C=O) groups is 1. The summed E-state index contributed by atoms with van der Waals surface area (Å²) in [7, 11) is 1.60. The van der Waals surface area contributed by atoms with Gasteiger partial charge in [0.15, 0.2) is 5.78 Å². The topological polar surface area (TPSA) is 88.6 Å². The van der Waals surface area contributed by atoms with E-state index in [1.54, 1.807) is 25.7 Å². The monoisotopic (exact) mass is 446 g/mol. The van der Waals surface area contributed by atoms with Crippen molar-refractivity contribution in [1.29, 1.82) is 0 Å². The lowest BCUT2D eigenvalue weighted by Crippen LogP contribution is -2.33. The molecule has 1 aliphatic rings. The molecule has 2 N–H and O–H groups in total. The fourth-order valence-electron chi connectivity index (χ4n) is 4.17. The zero-order valence-electron chi connectivity index (χ0n) is 19.3. The highest BCUT2D eigenvalue weighted by Gasteiger charge is 2.28. The van der Waals surface area contributed by atoms with Gasteiger partial charge in [-0.1, -0.05) is 25.1 Å². The maximum atomic E-state index is 13.9. The number of nitrogens with one attached hydrogen (secondary N) is 2. The van der Waals surface area contributed by atoms with Crippen molar-refractivity contribution in [2.24, 2.45) is 10.9 Å². The van der Waals surface area contributed by atoms with Crippen molar-refractivity contribution in [3.63, 3.8) is 0 Å². The van der Waals surface area contributed by atoms with Crippen molar-refractivity contribution in [2.75, 3.05) is 25.6 Å². The van der Waals surface area contributed by atoms with Gasteiger partial charge in [0.2, 0.25) is 0 Å². The van der Waals surface area contributed by atoms with E-state index in [9.17, 15) is 4.79 Å². The number of aromatic amines is 1. The lowest BCUT2D eigenvalue weighted by molar-refractivity contribution is 0.0981. The molecule has 0 saturated heterocycles. The van der Waals surface area contributed by atoms with Gasteiger partial charge in [0.25, 0.3) is 0 Å². The number of aromatic nitrogens is 2. The van der Waals surface area contributed by atoms with Crippen LogP contribution in [0.15, 0.2) is 59.6 Å². The van der Waals surface area contributed by atoms with E-state index in [2.05, 4.69) is 33.3 Å². The molecule has 2 atom stereocenters. The summed E-state index contributed by atoms with van der Waals surface area (Å²) >= 11 is 0. The molecule has 0 saturated carbocycles. The van der Waals surface area contributed by atoms with Crippen molar-refractivity contribution in [3.05, 3.63) is 65.8 Å². The lowest BCUT2D eigenvalue weighted by Gasteiger charge is -2.24. The second kappa shape index (κ2) is 10.4. The molecule has 2 aromatic heterocycles. The highest BCUT2D eigenvalue weighted by atomic mass is 16.5. The van der Waals surface area contributed by atoms with E-state index < -0.39 is 6.04 Å². The minimum absolute atomic E-state index is 0.0124. The van der Waals surface area contributed by atoms with Gasteiger partial charge in [0.1, 0.15) is 11.8 Å². The van der Waals surface area contributed by atoms with E-state index in [-0.39, 0.29) is 11.7 Å². The van der Waals surface area contributed by atoms with Gasteiger partial charge in [-0.3, -0.25) is 14.8 Å². The first-order valence-electron chi connectivity index (χ1n) is 11.3. The molecule has 2 unspecified atom stereocenters. The van der Waals surface area contributed by atoms with Gasteiger partial charge in [0.05, 0.1) is 31.8 Å². The molecular formula is C26H30N4O3. The van der Waals surface area contributed by atoms with Crippen molar-refractivity contribution < 1.29 is 14.3 Å². The SMILES string of the molecule is CCOCCc1cccc2c(C(=O)C(Nc3cncc(OC)c3)C3=CN=CC(C)C3)c[nH]c12. The zero-order valence-corrected chi connectivity index (χ0v) is 19.3. The minimum atomic E-state index is -0.565. The summed E-state index contributed by atoms with van der Waals surface area (Å²) in [5.41, 5.74) is 4.43. The fourth-order valence-corrected chi connectivity index (χ4v) is 4.17. The molecule has 0 bridgehead atoms. The van der Waals surface area contributed by atoms with Gasteiger partial charge < -0.3 is 19.8 Å². The molecule has 33 heavy (non-hydrogen) atoms. The summed E-state index contributed by atoms with van der Waals surface area (Å²) in [5.74, 6) is 0.876. The largest absolute Gasteiger partial charge is 0.495 e. The Morgan fingerprint density at radius 3 is 3.00 bits per heavy atom. The standard InChI is InChI=1S/C26H30N4O3/c1-4-33-9-8-18-6-5-7-22-23(16-29-24(18)22)26(31)25(19-10-17(2)12-27-13-19)30-20-11-21(32-3)15-28-14-20/h5-7,11-17,25,29-30H,4,8-10H2,1-3H3. The van der Waals surface area contributed by atoms with Gasteiger partial charge in [-0.05, 0) is 36.8 Å². The van der Waals surface area contributed by atoms with Crippen molar-refractivity contribution in [2.45, 2.75) is 32.7 Å². The number of pyridine rings is 1. The summed E-state index contributed by atoms with van der Waals surface area (Å²) in [5, 5.41) is 4.30. The number of Topliss-reactive ketones (excluding diaryl/α,β-unsaturated/α-hetero) is 1. The maximum Gasteiger partial charge on any atom is 0.191 e. The first kappa shape index (κ1) is 22.7. The van der Waals surface area contributed by atoms with Crippen LogP contribution in [-0.2, 0) is 11.2 Å². The molecule has 0 fully saturated rings. The third-order valence-electron chi connectivity index (χ3n) is 5.82. The van der Waals surface area contributed by atoms with E-state index in [1.165, 1.54) is 0 Å². The number of para-hydroxylation sites is 1. The number of aliphatic imine (C=N–C) groups is 1. The van der Waals surface area contributed by atoms with Gasteiger partial charge in [-0.2, -0.15) is 0 Å². The Labute approximate surface area is 193 Å². The molecule has 0 radical (unpaired) electrons. The quantitative estimate of drug-likeness (QED) is 0.345. The molecule has 7 heteroatoms. The number of H-pyrrole nitrogens is 1. The predicted octanol–water partition coefficient (Wildman–Crippen LogP) is 4.81. The van der Waals surface area contributed by atoms with Crippen LogP contribution in [0.4, 0.5) is 5.69 Å². The Hall–Kier alpha value is -3.45. The van der Waals surface area contributed by atoms with E-state index in [0.717, 1.165) is 34.9 Å². The van der Waals surface area contributed by atoms with Crippen LogP contribution in [0.2, 0.25) is 0 Å². The highest BCUT2D eigenvalue weighted by Crippen LogP contribution is 2.29. The number of ketones is 1. The number of rotatable bonds is 10.